The van der Waals surface area contributed by atoms with Crippen molar-refractivity contribution in [2.75, 3.05) is 5.73 Å². The van der Waals surface area contributed by atoms with E-state index in [1.165, 1.54) is 18.1 Å². The molecule has 14 heavy (non-hydrogen) atoms. The van der Waals surface area contributed by atoms with Gasteiger partial charge in [0.1, 0.15) is 6.33 Å². The van der Waals surface area contributed by atoms with E-state index in [0.29, 0.717) is 0 Å². The summed E-state index contributed by atoms with van der Waals surface area (Å²) in [6, 6.07) is 7.71. The molecule has 1 heterocycles. The van der Waals surface area contributed by atoms with Crippen molar-refractivity contribution in [1.29, 1.82) is 0 Å². The second-order valence-electron chi connectivity index (χ2n) is 2.81. The van der Waals surface area contributed by atoms with E-state index >= 15 is 0 Å². The Morgan fingerprint density at radius 3 is 2.79 bits per heavy atom. The first-order valence-corrected chi connectivity index (χ1v) is 4.95. The molecule has 72 valence electrons. The summed E-state index contributed by atoms with van der Waals surface area (Å²) in [4.78, 5) is 5.11. The topological polar surface area (TPSA) is 56.7 Å². The number of aryl methyl sites for hydroxylation is 1. The molecule has 2 rings (SSSR count). The minimum Gasteiger partial charge on any atom is -0.398 e. The molecule has 0 atom stereocenters. The highest BCUT2D eigenvalue weighted by Crippen LogP contribution is 2.29. The Bertz CT molecular complexity index is 438. The highest BCUT2D eigenvalue weighted by Gasteiger charge is 2.05. The van der Waals surface area contributed by atoms with E-state index in [-0.39, 0.29) is 0 Å². The molecule has 0 aliphatic rings. The molecule has 0 saturated carbocycles. The molecule has 5 heteroatoms. The van der Waals surface area contributed by atoms with Crippen molar-refractivity contribution in [2.45, 2.75) is 10.1 Å². The van der Waals surface area contributed by atoms with Gasteiger partial charge in [-0.05, 0) is 23.9 Å². The van der Waals surface area contributed by atoms with E-state index in [1.807, 2.05) is 31.3 Å². The predicted octanol–water partition coefficient (Wildman–Crippen LogP) is 1.55. The van der Waals surface area contributed by atoms with Gasteiger partial charge in [0.2, 0.25) is 0 Å². The average Bonchev–Trinajstić information content (AvgIpc) is 2.56. The van der Waals surface area contributed by atoms with Crippen molar-refractivity contribution < 1.29 is 0 Å². The smallest absolute Gasteiger partial charge is 0.190 e. The van der Waals surface area contributed by atoms with Gasteiger partial charge in [-0.25, -0.2) is 9.67 Å². The third-order valence-electron chi connectivity index (χ3n) is 1.79. The number of benzene rings is 1. The van der Waals surface area contributed by atoms with E-state index in [2.05, 4.69) is 10.1 Å². The highest BCUT2D eigenvalue weighted by atomic mass is 32.2. The molecular weight excluding hydrogens is 196 g/mol. The summed E-state index contributed by atoms with van der Waals surface area (Å²) in [5, 5.41) is 4.82. The summed E-state index contributed by atoms with van der Waals surface area (Å²) in [5.41, 5.74) is 6.57. The number of hydrogen-bond acceptors (Lipinski definition) is 4. The number of nitrogens with zero attached hydrogens (tertiary/aromatic N) is 3. The summed E-state index contributed by atoms with van der Waals surface area (Å²) in [5.74, 6) is 0. The summed E-state index contributed by atoms with van der Waals surface area (Å²) in [7, 11) is 1.86. The zero-order valence-electron chi connectivity index (χ0n) is 7.71. The number of aromatic nitrogens is 3. The van der Waals surface area contributed by atoms with Gasteiger partial charge < -0.3 is 5.73 Å². The molecule has 0 fully saturated rings. The second kappa shape index (κ2) is 3.71. The fourth-order valence-electron chi connectivity index (χ4n) is 1.05. The number of nitrogen functional groups attached to an aromatic ring is 1. The van der Waals surface area contributed by atoms with Crippen LogP contribution in [-0.2, 0) is 7.05 Å². The van der Waals surface area contributed by atoms with Crippen LogP contribution in [0.25, 0.3) is 0 Å². The number of anilines is 1. The summed E-state index contributed by atoms with van der Waals surface area (Å²) in [6.45, 7) is 0. The van der Waals surface area contributed by atoms with E-state index in [1.54, 1.807) is 4.68 Å². The fraction of sp³-hybridized carbons (Fsp3) is 0.111. The Balaban J connectivity index is 2.28. The summed E-state index contributed by atoms with van der Waals surface area (Å²) >= 11 is 1.51. The van der Waals surface area contributed by atoms with Crippen molar-refractivity contribution in [3.05, 3.63) is 30.6 Å². The van der Waals surface area contributed by atoms with Gasteiger partial charge >= 0.3 is 0 Å². The first-order valence-electron chi connectivity index (χ1n) is 4.14. The van der Waals surface area contributed by atoms with Crippen molar-refractivity contribution in [2.24, 2.45) is 7.05 Å². The summed E-state index contributed by atoms with van der Waals surface area (Å²) in [6.07, 6.45) is 1.53. The normalized spacial score (nSPS) is 10.4. The maximum atomic E-state index is 5.81. The van der Waals surface area contributed by atoms with E-state index in [4.69, 9.17) is 5.73 Å². The van der Waals surface area contributed by atoms with Crippen LogP contribution in [0.5, 0.6) is 0 Å². The van der Waals surface area contributed by atoms with Crippen molar-refractivity contribution >= 4 is 17.4 Å². The zero-order chi connectivity index (χ0) is 9.97. The van der Waals surface area contributed by atoms with Gasteiger partial charge in [-0.2, -0.15) is 5.10 Å². The minimum absolute atomic E-state index is 0.764. The highest BCUT2D eigenvalue weighted by molar-refractivity contribution is 7.99. The van der Waals surface area contributed by atoms with Crippen LogP contribution in [0.15, 0.2) is 40.6 Å². The molecule has 0 amide bonds. The van der Waals surface area contributed by atoms with Crippen LogP contribution in [0, 0.1) is 0 Å². The Hall–Kier alpha value is -1.49. The SMILES string of the molecule is Cn1ncnc1Sc1ccccc1N. The maximum Gasteiger partial charge on any atom is 0.190 e. The third-order valence-corrected chi connectivity index (χ3v) is 2.93. The number of nitrogens with two attached hydrogens (primary N) is 1. The lowest BCUT2D eigenvalue weighted by Gasteiger charge is -2.02. The van der Waals surface area contributed by atoms with Crippen molar-refractivity contribution in [1.82, 2.24) is 14.8 Å². The van der Waals surface area contributed by atoms with Gasteiger partial charge in [0.15, 0.2) is 5.16 Å². The lowest BCUT2D eigenvalue weighted by atomic mass is 10.3. The number of hydrogen-bond donors (Lipinski definition) is 1. The molecule has 0 aliphatic heterocycles. The lowest BCUT2D eigenvalue weighted by molar-refractivity contribution is 0.685. The van der Waals surface area contributed by atoms with Gasteiger partial charge in [0, 0.05) is 17.6 Å². The molecule has 0 spiro atoms. The maximum absolute atomic E-state index is 5.81. The van der Waals surface area contributed by atoms with Crippen LogP contribution in [-0.4, -0.2) is 14.8 Å². The Labute approximate surface area is 86.1 Å². The van der Waals surface area contributed by atoms with Crippen LogP contribution >= 0.6 is 11.8 Å². The number of rotatable bonds is 2. The predicted molar refractivity (Wildman–Crippen MR) is 56.0 cm³/mol. The molecule has 4 nitrogen and oxygen atoms in total. The third kappa shape index (κ3) is 1.72. The zero-order valence-corrected chi connectivity index (χ0v) is 8.53. The number of para-hydroxylation sites is 1. The molecule has 2 N–H and O–H groups in total. The Morgan fingerprint density at radius 1 is 1.36 bits per heavy atom. The standard InChI is InChI=1S/C9H10N4S/c1-13-9(11-6-12-13)14-8-5-3-2-4-7(8)10/h2-6H,10H2,1H3. The van der Waals surface area contributed by atoms with Crippen LogP contribution in [0.1, 0.15) is 0 Å². The molecular formula is C9H10N4S. The average molecular weight is 206 g/mol. The fourth-order valence-corrected chi connectivity index (χ4v) is 1.86. The Morgan fingerprint density at radius 2 is 2.14 bits per heavy atom. The van der Waals surface area contributed by atoms with Crippen LogP contribution < -0.4 is 5.73 Å². The molecule has 1 aromatic heterocycles. The van der Waals surface area contributed by atoms with Crippen molar-refractivity contribution in [3.63, 3.8) is 0 Å². The molecule has 0 aliphatic carbocycles. The largest absolute Gasteiger partial charge is 0.398 e. The van der Waals surface area contributed by atoms with Crippen LogP contribution in [0.2, 0.25) is 0 Å². The van der Waals surface area contributed by atoms with E-state index in [0.717, 1.165) is 15.7 Å². The first-order chi connectivity index (χ1) is 6.77. The van der Waals surface area contributed by atoms with Gasteiger partial charge in [-0.1, -0.05) is 12.1 Å². The van der Waals surface area contributed by atoms with Gasteiger partial charge in [0.05, 0.1) is 0 Å². The van der Waals surface area contributed by atoms with Gasteiger partial charge in [-0.15, -0.1) is 0 Å². The molecule has 0 bridgehead atoms. The molecule has 0 unspecified atom stereocenters. The van der Waals surface area contributed by atoms with Crippen LogP contribution in [0.3, 0.4) is 0 Å². The van der Waals surface area contributed by atoms with Gasteiger partial charge in [-0.3, -0.25) is 0 Å². The molecule has 0 radical (unpaired) electrons. The molecule has 0 saturated heterocycles. The first kappa shape index (κ1) is 9.08. The minimum atomic E-state index is 0.764. The second-order valence-corrected chi connectivity index (χ2v) is 3.82. The molecule has 1 aromatic carbocycles. The van der Waals surface area contributed by atoms with Gasteiger partial charge in [0.25, 0.3) is 0 Å². The molecule has 2 aromatic rings. The lowest BCUT2D eigenvalue weighted by Crippen LogP contribution is -1.93. The Kier molecular flexibility index (Phi) is 2.41. The quantitative estimate of drug-likeness (QED) is 0.757. The van der Waals surface area contributed by atoms with E-state index < -0.39 is 0 Å². The summed E-state index contributed by atoms with van der Waals surface area (Å²) < 4.78 is 1.72. The van der Waals surface area contributed by atoms with E-state index in [9.17, 15) is 0 Å². The van der Waals surface area contributed by atoms with Crippen LogP contribution in [0.4, 0.5) is 5.69 Å². The van der Waals surface area contributed by atoms with Crippen molar-refractivity contribution in [3.8, 4) is 0 Å². The monoisotopic (exact) mass is 206 g/mol.